The van der Waals surface area contributed by atoms with Crippen LogP contribution in [0.25, 0.3) is 22.5 Å². The zero-order valence-corrected chi connectivity index (χ0v) is 24.2. The van der Waals surface area contributed by atoms with E-state index >= 15 is 0 Å². The SMILES string of the molecule is COc1ccc(N(Cc2ccnc(-c3ccccc3F)c2)C2CCN(Cc3ccnc(-c4ccccc4F)c3)CC2)cc1. The molecule has 0 amide bonds. The summed E-state index contributed by atoms with van der Waals surface area (Å²) in [5.41, 5.74) is 5.62. The standard InChI is InChI=1S/C36H34F2N4O/c1-43-30-12-10-28(11-13-30)42(25-27-15-19-40-36(23-27)32-7-3-5-9-34(32)38)29-16-20-41(21-17-29)24-26-14-18-39-35(22-26)31-6-2-4-8-33(31)37/h2-15,18-19,22-23,29H,16-17,20-21,24-25H2,1H3. The first-order valence-electron chi connectivity index (χ1n) is 14.6. The number of anilines is 1. The first-order chi connectivity index (χ1) is 21.1. The Kier molecular flexibility index (Phi) is 8.70. The molecule has 2 aromatic heterocycles. The topological polar surface area (TPSA) is 41.5 Å². The van der Waals surface area contributed by atoms with E-state index in [1.807, 2.05) is 48.5 Å². The Morgan fingerprint density at radius 1 is 0.744 bits per heavy atom. The largest absolute Gasteiger partial charge is 0.497 e. The van der Waals surface area contributed by atoms with Gasteiger partial charge in [-0.1, -0.05) is 24.3 Å². The summed E-state index contributed by atoms with van der Waals surface area (Å²) in [6.45, 7) is 3.34. The molecule has 5 aromatic rings. The molecule has 0 unspecified atom stereocenters. The van der Waals surface area contributed by atoms with E-state index in [0.717, 1.165) is 55.0 Å². The molecule has 0 aliphatic carbocycles. The van der Waals surface area contributed by atoms with Gasteiger partial charge in [-0.15, -0.1) is 0 Å². The lowest BCUT2D eigenvalue weighted by Crippen LogP contribution is -2.44. The van der Waals surface area contributed by atoms with Crippen molar-refractivity contribution >= 4 is 5.69 Å². The number of rotatable bonds is 9. The lowest BCUT2D eigenvalue weighted by atomic mass is 10.00. The fourth-order valence-corrected chi connectivity index (χ4v) is 5.83. The van der Waals surface area contributed by atoms with Gasteiger partial charge in [0.15, 0.2) is 0 Å². The predicted octanol–water partition coefficient (Wildman–Crippen LogP) is 7.77. The van der Waals surface area contributed by atoms with Gasteiger partial charge in [-0.05, 0) is 96.8 Å². The van der Waals surface area contributed by atoms with Crippen LogP contribution in [0.2, 0.25) is 0 Å². The number of nitrogens with zero attached hydrogens (tertiary/aromatic N) is 4. The maximum absolute atomic E-state index is 14.5. The second-order valence-electron chi connectivity index (χ2n) is 10.9. The maximum atomic E-state index is 14.5. The van der Waals surface area contributed by atoms with E-state index in [4.69, 9.17) is 4.74 Å². The van der Waals surface area contributed by atoms with E-state index in [0.29, 0.717) is 35.1 Å². The van der Waals surface area contributed by atoms with E-state index in [2.05, 4.69) is 31.9 Å². The molecule has 0 radical (unpaired) electrons. The second kappa shape index (κ2) is 13.1. The molecule has 0 N–H and O–H groups in total. The third-order valence-corrected chi connectivity index (χ3v) is 8.11. The predicted molar refractivity (Wildman–Crippen MR) is 167 cm³/mol. The van der Waals surface area contributed by atoms with Gasteiger partial charge >= 0.3 is 0 Å². The van der Waals surface area contributed by atoms with Crippen LogP contribution < -0.4 is 9.64 Å². The minimum Gasteiger partial charge on any atom is -0.497 e. The minimum atomic E-state index is -0.276. The van der Waals surface area contributed by atoms with Crippen molar-refractivity contribution in [2.45, 2.75) is 32.0 Å². The zero-order chi connectivity index (χ0) is 29.6. The number of hydrogen-bond donors (Lipinski definition) is 0. The molecule has 218 valence electrons. The average Bonchev–Trinajstić information content (AvgIpc) is 3.05. The second-order valence-corrected chi connectivity index (χ2v) is 10.9. The number of methoxy groups -OCH3 is 1. The van der Waals surface area contributed by atoms with Gasteiger partial charge in [0.2, 0.25) is 0 Å². The molecule has 0 spiro atoms. The number of benzene rings is 3. The molecule has 0 saturated carbocycles. The van der Waals surface area contributed by atoms with Crippen LogP contribution >= 0.6 is 0 Å². The van der Waals surface area contributed by atoms with Gasteiger partial charge in [-0.25, -0.2) is 8.78 Å². The van der Waals surface area contributed by atoms with Gasteiger partial charge in [0.1, 0.15) is 17.4 Å². The number of likely N-dealkylation sites (tertiary alicyclic amines) is 1. The van der Waals surface area contributed by atoms with Crippen LogP contribution in [-0.4, -0.2) is 41.1 Å². The summed E-state index contributed by atoms with van der Waals surface area (Å²) in [7, 11) is 1.67. The van der Waals surface area contributed by atoms with Crippen molar-refractivity contribution in [3.63, 3.8) is 0 Å². The summed E-state index contributed by atoms with van der Waals surface area (Å²) in [5.74, 6) is 0.278. The quantitative estimate of drug-likeness (QED) is 0.179. The molecular weight excluding hydrogens is 542 g/mol. The Bertz CT molecular complexity index is 1670. The van der Waals surface area contributed by atoms with Crippen LogP contribution in [0.4, 0.5) is 14.5 Å². The van der Waals surface area contributed by atoms with Gasteiger partial charge < -0.3 is 9.64 Å². The Labute approximate surface area is 251 Å². The highest BCUT2D eigenvalue weighted by Crippen LogP contribution is 2.30. The zero-order valence-electron chi connectivity index (χ0n) is 24.2. The lowest BCUT2D eigenvalue weighted by molar-refractivity contribution is 0.201. The van der Waals surface area contributed by atoms with Crippen LogP contribution in [0.15, 0.2) is 109 Å². The third kappa shape index (κ3) is 6.73. The first-order valence-corrected chi connectivity index (χ1v) is 14.6. The number of pyridine rings is 2. The smallest absolute Gasteiger partial charge is 0.132 e. The summed E-state index contributed by atoms with van der Waals surface area (Å²) in [5, 5.41) is 0. The third-order valence-electron chi connectivity index (χ3n) is 8.11. The normalized spacial score (nSPS) is 14.0. The molecule has 1 aliphatic rings. The lowest BCUT2D eigenvalue weighted by Gasteiger charge is -2.40. The molecule has 1 saturated heterocycles. The van der Waals surface area contributed by atoms with Crippen molar-refractivity contribution < 1.29 is 13.5 Å². The van der Waals surface area contributed by atoms with Crippen molar-refractivity contribution in [1.82, 2.24) is 14.9 Å². The van der Waals surface area contributed by atoms with Crippen molar-refractivity contribution in [2.75, 3.05) is 25.1 Å². The molecule has 1 aliphatic heterocycles. The molecule has 0 bridgehead atoms. The van der Waals surface area contributed by atoms with Crippen LogP contribution in [0.3, 0.4) is 0 Å². The Balaban J connectivity index is 1.18. The fourth-order valence-electron chi connectivity index (χ4n) is 5.83. The molecule has 5 nitrogen and oxygen atoms in total. The van der Waals surface area contributed by atoms with Gasteiger partial charge in [-0.2, -0.15) is 0 Å². The van der Waals surface area contributed by atoms with E-state index in [9.17, 15) is 8.78 Å². The number of hydrogen-bond acceptors (Lipinski definition) is 5. The summed E-state index contributed by atoms with van der Waals surface area (Å²) >= 11 is 0. The van der Waals surface area contributed by atoms with Gasteiger partial charge in [0.25, 0.3) is 0 Å². The number of aromatic nitrogens is 2. The van der Waals surface area contributed by atoms with Crippen molar-refractivity contribution in [2.24, 2.45) is 0 Å². The molecule has 3 heterocycles. The number of ether oxygens (including phenoxy) is 1. The Hall–Kier alpha value is -4.62. The Morgan fingerprint density at radius 2 is 1.30 bits per heavy atom. The highest BCUT2D eigenvalue weighted by Gasteiger charge is 2.26. The van der Waals surface area contributed by atoms with Crippen molar-refractivity contribution in [1.29, 1.82) is 0 Å². The maximum Gasteiger partial charge on any atom is 0.132 e. The molecule has 43 heavy (non-hydrogen) atoms. The van der Waals surface area contributed by atoms with Crippen LogP contribution in [0, 0.1) is 11.6 Å². The first kappa shape index (κ1) is 28.5. The van der Waals surface area contributed by atoms with Gasteiger partial charge in [0.05, 0.1) is 18.5 Å². The van der Waals surface area contributed by atoms with Gasteiger partial charge in [0, 0.05) is 61.4 Å². The van der Waals surface area contributed by atoms with E-state index in [-0.39, 0.29) is 11.6 Å². The summed E-state index contributed by atoms with van der Waals surface area (Å²) in [4.78, 5) is 13.8. The van der Waals surface area contributed by atoms with E-state index in [1.54, 1.807) is 43.8 Å². The number of piperidine rings is 1. The summed E-state index contributed by atoms with van der Waals surface area (Å²) in [6, 6.07) is 30.0. The number of halogens is 2. The molecule has 7 heteroatoms. The summed E-state index contributed by atoms with van der Waals surface area (Å²) < 4.78 is 34.3. The van der Waals surface area contributed by atoms with Crippen molar-refractivity contribution in [3.05, 3.63) is 132 Å². The fraction of sp³-hybridized carbons (Fsp3) is 0.222. The molecule has 0 atom stereocenters. The van der Waals surface area contributed by atoms with Crippen LogP contribution in [0.5, 0.6) is 5.75 Å². The highest BCUT2D eigenvalue weighted by atomic mass is 19.1. The van der Waals surface area contributed by atoms with Gasteiger partial charge in [-0.3, -0.25) is 14.9 Å². The monoisotopic (exact) mass is 576 g/mol. The van der Waals surface area contributed by atoms with E-state index in [1.165, 1.54) is 12.1 Å². The van der Waals surface area contributed by atoms with E-state index < -0.39 is 0 Å². The molecule has 1 fully saturated rings. The minimum absolute atomic E-state index is 0.262. The van der Waals surface area contributed by atoms with Crippen LogP contribution in [-0.2, 0) is 13.1 Å². The molecular formula is C36H34F2N4O. The molecule has 6 rings (SSSR count). The van der Waals surface area contributed by atoms with Crippen LogP contribution in [0.1, 0.15) is 24.0 Å². The molecule has 3 aromatic carbocycles. The van der Waals surface area contributed by atoms with Crippen molar-refractivity contribution in [3.8, 4) is 28.3 Å². The Morgan fingerprint density at radius 3 is 1.88 bits per heavy atom. The highest BCUT2D eigenvalue weighted by molar-refractivity contribution is 5.61. The summed E-state index contributed by atoms with van der Waals surface area (Å²) in [6.07, 6.45) is 5.50. The average molecular weight is 577 g/mol.